The van der Waals surface area contributed by atoms with Gasteiger partial charge in [0.1, 0.15) is 5.82 Å². The Morgan fingerprint density at radius 1 is 1.24 bits per heavy atom. The SMILES string of the molecule is CCOC(=O)C1CCN(c2cncc(C=C(COC)COC)n2)CC1. The maximum absolute atomic E-state index is 11.8. The molecule has 0 radical (unpaired) electrons. The van der Waals surface area contributed by atoms with E-state index in [1.807, 2.05) is 13.0 Å². The molecule has 0 bridgehead atoms. The van der Waals surface area contributed by atoms with E-state index in [1.54, 1.807) is 26.6 Å². The van der Waals surface area contributed by atoms with Crippen LogP contribution in [0.4, 0.5) is 5.82 Å². The molecule has 25 heavy (non-hydrogen) atoms. The molecule has 1 saturated heterocycles. The Bertz CT molecular complexity index is 575. The van der Waals surface area contributed by atoms with Gasteiger partial charge in [-0.1, -0.05) is 0 Å². The molecule has 0 atom stereocenters. The van der Waals surface area contributed by atoms with Crippen molar-refractivity contribution in [3.63, 3.8) is 0 Å². The van der Waals surface area contributed by atoms with Crippen LogP contribution < -0.4 is 4.90 Å². The summed E-state index contributed by atoms with van der Waals surface area (Å²) in [5.41, 5.74) is 1.77. The van der Waals surface area contributed by atoms with Gasteiger partial charge in [-0.15, -0.1) is 0 Å². The van der Waals surface area contributed by atoms with Gasteiger partial charge in [-0.05, 0) is 31.4 Å². The van der Waals surface area contributed by atoms with Crippen molar-refractivity contribution in [1.29, 1.82) is 0 Å². The largest absolute Gasteiger partial charge is 0.466 e. The lowest BCUT2D eigenvalue weighted by Crippen LogP contribution is -2.37. The van der Waals surface area contributed by atoms with Crippen molar-refractivity contribution in [2.45, 2.75) is 19.8 Å². The van der Waals surface area contributed by atoms with E-state index in [4.69, 9.17) is 14.2 Å². The Hall–Kier alpha value is -1.99. The summed E-state index contributed by atoms with van der Waals surface area (Å²) in [6.45, 7) is 4.80. The smallest absolute Gasteiger partial charge is 0.309 e. The van der Waals surface area contributed by atoms with E-state index in [1.165, 1.54) is 0 Å². The number of hydrogen-bond donors (Lipinski definition) is 0. The second-order valence-corrected chi connectivity index (χ2v) is 5.98. The van der Waals surface area contributed by atoms with Crippen LogP contribution in [0.2, 0.25) is 0 Å². The molecule has 0 amide bonds. The highest BCUT2D eigenvalue weighted by Crippen LogP contribution is 2.23. The van der Waals surface area contributed by atoms with Gasteiger partial charge in [-0.25, -0.2) is 4.98 Å². The molecular weight excluding hydrogens is 322 g/mol. The molecule has 2 rings (SSSR count). The van der Waals surface area contributed by atoms with Gasteiger partial charge in [0.25, 0.3) is 0 Å². The minimum absolute atomic E-state index is 0.0118. The zero-order valence-corrected chi connectivity index (χ0v) is 15.2. The molecule has 1 aliphatic rings. The third-order valence-corrected chi connectivity index (χ3v) is 4.09. The second kappa shape index (κ2) is 10.1. The molecular formula is C18H27N3O4. The van der Waals surface area contributed by atoms with E-state index in [-0.39, 0.29) is 11.9 Å². The van der Waals surface area contributed by atoms with Crippen LogP contribution in [-0.2, 0) is 19.0 Å². The molecule has 7 heteroatoms. The molecule has 0 unspecified atom stereocenters. The molecule has 0 aromatic carbocycles. The summed E-state index contributed by atoms with van der Waals surface area (Å²) < 4.78 is 15.5. The first-order chi connectivity index (χ1) is 12.2. The number of anilines is 1. The highest BCUT2D eigenvalue weighted by molar-refractivity contribution is 5.72. The predicted octanol–water partition coefficient (Wildman–Crippen LogP) is 1.93. The molecule has 2 heterocycles. The zero-order valence-electron chi connectivity index (χ0n) is 15.2. The first kappa shape index (κ1) is 19.3. The maximum atomic E-state index is 11.8. The third kappa shape index (κ3) is 5.79. The number of carbonyl (C=O) groups is 1. The van der Waals surface area contributed by atoms with Gasteiger partial charge in [0.2, 0.25) is 0 Å². The molecule has 1 aromatic rings. The number of hydrogen-bond acceptors (Lipinski definition) is 7. The first-order valence-electron chi connectivity index (χ1n) is 8.58. The monoisotopic (exact) mass is 349 g/mol. The minimum Gasteiger partial charge on any atom is -0.466 e. The number of aromatic nitrogens is 2. The molecule has 7 nitrogen and oxygen atoms in total. The average Bonchev–Trinajstić information content (AvgIpc) is 2.63. The summed E-state index contributed by atoms with van der Waals surface area (Å²) in [7, 11) is 3.30. The fraction of sp³-hybridized carbons (Fsp3) is 0.611. The summed E-state index contributed by atoms with van der Waals surface area (Å²) in [6.07, 6.45) is 6.97. The number of piperidine rings is 1. The van der Waals surface area contributed by atoms with Gasteiger partial charge >= 0.3 is 5.97 Å². The molecule has 1 aromatic heterocycles. The number of ether oxygens (including phenoxy) is 3. The minimum atomic E-state index is -0.0892. The van der Waals surface area contributed by atoms with Crippen molar-refractivity contribution >= 4 is 17.9 Å². The maximum Gasteiger partial charge on any atom is 0.309 e. The van der Waals surface area contributed by atoms with Crippen LogP contribution >= 0.6 is 0 Å². The highest BCUT2D eigenvalue weighted by Gasteiger charge is 2.26. The number of esters is 1. The Kier molecular flexibility index (Phi) is 7.81. The van der Waals surface area contributed by atoms with Crippen molar-refractivity contribution < 1.29 is 19.0 Å². The van der Waals surface area contributed by atoms with Crippen molar-refractivity contribution in [3.05, 3.63) is 23.7 Å². The van der Waals surface area contributed by atoms with Crippen molar-refractivity contribution in [2.75, 3.05) is 52.0 Å². The van der Waals surface area contributed by atoms with Crippen molar-refractivity contribution in [2.24, 2.45) is 5.92 Å². The van der Waals surface area contributed by atoms with Crippen LogP contribution in [0.3, 0.4) is 0 Å². The molecule has 0 N–H and O–H groups in total. The topological polar surface area (TPSA) is 73.8 Å². The van der Waals surface area contributed by atoms with E-state index in [0.29, 0.717) is 19.8 Å². The van der Waals surface area contributed by atoms with Crippen LogP contribution in [0.15, 0.2) is 18.0 Å². The summed E-state index contributed by atoms with van der Waals surface area (Å²) in [6, 6.07) is 0. The Labute approximate surface area is 149 Å². The van der Waals surface area contributed by atoms with Crippen LogP contribution in [0.25, 0.3) is 6.08 Å². The number of rotatable bonds is 8. The van der Waals surface area contributed by atoms with Gasteiger partial charge in [0.15, 0.2) is 0 Å². The van der Waals surface area contributed by atoms with Crippen molar-refractivity contribution in [1.82, 2.24) is 9.97 Å². The summed E-state index contributed by atoms with van der Waals surface area (Å²) in [5.74, 6) is 0.723. The molecule has 1 aliphatic heterocycles. The van der Waals surface area contributed by atoms with Gasteiger partial charge in [0.05, 0.1) is 43.8 Å². The van der Waals surface area contributed by atoms with Crippen molar-refractivity contribution in [3.8, 4) is 0 Å². The Morgan fingerprint density at radius 2 is 1.92 bits per heavy atom. The lowest BCUT2D eigenvalue weighted by molar-refractivity contribution is -0.148. The number of carbonyl (C=O) groups excluding carboxylic acids is 1. The quantitative estimate of drug-likeness (QED) is 0.664. The fourth-order valence-corrected chi connectivity index (χ4v) is 2.90. The number of nitrogens with zero attached hydrogens (tertiary/aromatic N) is 3. The van der Waals surface area contributed by atoms with Gasteiger partial charge in [0, 0.05) is 27.3 Å². The van der Waals surface area contributed by atoms with Gasteiger partial charge in [-0.3, -0.25) is 9.78 Å². The van der Waals surface area contributed by atoms with E-state index in [0.717, 1.165) is 43.0 Å². The van der Waals surface area contributed by atoms with E-state index >= 15 is 0 Å². The Morgan fingerprint density at radius 3 is 2.52 bits per heavy atom. The van der Waals surface area contributed by atoms with E-state index in [2.05, 4.69) is 14.9 Å². The fourth-order valence-electron chi connectivity index (χ4n) is 2.90. The van der Waals surface area contributed by atoms with Crippen LogP contribution in [-0.4, -0.2) is 63.1 Å². The van der Waals surface area contributed by atoms with Crippen LogP contribution in [0.1, 0.15) is 25.5 Å². The van der Waals surface area contributed by atoms with Crippen LogP contribution in [0.5, 0.6) is 0 Å². The van der Waals surface area contributed by atoms with E-state index < -0.39 is 0 Å². The Balaban J connectivity index is 2.02. The molecule has 138 valence electrons. The molecule has 0 spiro atoms. The van der Waals surface area contributed by atoms with E-state index in [9.17, 15) is 4.79 Å². The molecule has 0 aliphatic carbocycles. The first-order valence-corrected chi connectivity index (χ1v) is 8.58. The lowest BCUT2D eigenvalue weighted by Gasteiger charge is -2.31. The molecule has 1 fully saturated rings. The standard InChI is InChI=1S/C18H27N3O4/c1-4-25-18(22)15-5-7-21(8-6-15)17-11-19-10-16(20-17)9-14(12-23-2)13-24-3/h9-11,15H,4-8,12-13H2,1-3H3. The van der Waals surface area contributed by atoms with Gasteiger partial charge < -0.3 is 19.1 Å². The summed E-state index contributed by atoms with van der Waals surface area (Å²) in [5, 5.41) is 0. The summed E-state index contributed by atoms with van der Waals surface area (Å²) in [4.78, 5) is 23.0. The second-order valence-electron chi connectivity index (χ2n) is 5.98. The zero-order chi connectivity index (χ0) is 18.1. The van der Waals surface area contributed by atoms with Crippen LogP contribution in [0, 0.1) is 5.92 Å². The number of methoxy groups -OCH3 is 2. The predicted molar refractivity (Wildman–Crippen MR) is 95.3 cm³/mol. The normalized spacial score (nSPS) is 15.1. The lowest BCUT2D eigenvalue weighted by atomic mass is 9.97. The average molecular weight is 349 g/mol. The summed E-state index contributed by atoms with van der Waals surface area (Å²) >= 11 is 0. The third-order valence-electron chi connectivity index (χ3n) is 4.09. The molecule has 0 saturated carbocycles. The van der Waals surface area contributed by atoms with Gasteiger partial charge in [-0.2, -0.15) is 0 Å². The highest BCUT2D eigenvalue weighted by atomic mass is 16.5.